The fourth-order valence-electron chi connectivity index (χ4n) is 0.923. The Morgan fingerprint density at radius 2 is 2.25 bits per heavy atom. The number of benzene rings is 1. The molecule has 1 aromatic carbocycles. The van der Waals surface area contributed by atoms with Gasteiger partial charge < -0.3 is 9.94 Å². The highest BCUT2D eigenvalue weighted by atomic mass is 35.5. The molecule has 0 radical (unpaired) electrons. The Balaban J connectivity index is 2.75. The Morgan fingerprint density at radius 1 is 1.50 bits per heavy atom. The van der Waals surface area contributed by atoms with Gasteiger partial charge in [0.05, 0.1) is 6.61 Å². The molecular formula is C8H10ClNO2. The van der Waals surface area contributed by atoms with Crippen LogP contribution in [0.5, 0.6) is 5.75 Å². The molecule has 0 heterocycles. The first kappa shape index (κ1) is 9.32. The van der Waals surface area contributed by atoms with Gasteiger partial charge in [0.15, 0.2) is 0 Å². The van der Waals surface area contributed by atoms with Crippen molar-refractivity contribution in [1.82, 2.24) is 0 Å². The van der Waals surface area contributed by atoms with E-state index in [2.05, 4.69) is 4.84 Å². The van der Waals surface area contributed by atoms with Crippen LogP contribution in [-0.2, 0) is 11.3 Å². The molecule has 12 heavy (non-hydrogen) atoms. The quantitative estimate of drug-likeness (QED) is 0.705. The van der Waals surface area contributed by atoms with Gasteiger partial charge >= 0.3 is 0 Å². The number of aromatic hydroxyl groups is 1. The normalized spacial score (nSPS) is 10.2. The first-order chi connectivity index (χ1) is 5.74. The summed E-state index contributed by atoms with van der Waals surface area (Å²) in [7, 11) is 0. The van der Waals surface area contributed by atoms with Gasteiger partial charge in [-0.3, -0.25) is 0 Å². The summed E-state index contributed by atoms with van der Waals surface area (Å²) in [6.45, 7) is 0.369. The monoisotopic (exact) mass is 187 g/mol. The number of hydrogen-bond acceptors (Lipinski definition) is 3. The van der Waals surface area contributed by atoms with Crippen molar-refractivity contribution in [3.8, 4) is 5.75 Å². The lowest BCUT2D eigenvalue weighted by Gasteiger charge is -2.03. The van der Waals surface area contributed by atoms with Gasteiger partial charge in [0, 0.05) is 11.4 Å². The summed E-state index contributed by atoms with van der Waals surface area (Å²) in [5.74, 6) is 5.07. The van der Waals surface area contributed by atoms with Crippen LogP contribution in [0.4, 0.5) is 0 Å². The second-order valence-corrected chi connectivity index (χ2v) is 2.83. The van der Waals surface area contributed by atoms with Crippen LogP contribution in [0.2, 0.25) is 5.02 Å². The van der Waals surface area contributed by atoms with Crippen LogP contribution >= 0.6 is 11.6 Å². The number of hydrogen-bond donors (Lipinski definition) is 2. The van der Waals surface area contributed by atoms with Gasteiger partial charge in [0.1, 0.15) is 5.75 Å². The molecule has 3 N–H and O–H groups in total. The lowest BCUT2D eigenvalue weighted by molar-refractivity contribution is 0.141. The summed E-state index contributed by atoms with van der Waals surface area (Å²) in [4.78, 5) is 4.39. The van der Waals surface area contributed by atoms with Crippen molar-refractivity contribution in [1.29, 1.82) is 0 Å². The van der Waals surface area contributed by atoms with E-state index < -0.39 is 0 Å². The summed E-state index contributed by atoms with van der Waals surface area (Å²) in [6, 6.07) is 4.87. The van der Waals surface area contributed by atoms with Crippen molar-refractivity contribution in [2.75, 3.05) is 6.61 Å². The second-order valence-electron chi connectivity index (χ2n) is 2.39. The van der Waals surface area contributed by atoms with Gasteiger partial charge in [-0.15, -0.1) is 0 Å². The number of phenolic OH excluding ortho intramolecular Hbond substituents is 1. The minimum absolute atomic E-state index is 0.219. The average molecular weight is 188 g/mol. The zero-order valence-corrected chi connectivity index (χ0v) is 7.21. The van der Waals surface area contributed by atoms with E-state index in [1.165, 1.54) is 0 Å². The molecule has 0 saturated heterocycles. The Morgan fingerprint density at radius 3 is 2.92 bits per heavy atom. The molecule has 0 aromatic heterocycles. The van der Waals surface area contributed by atoms with Gasteiger partial charge in [-0.1, -0.05) is 11.6 Å². The van der Waals surface area contributed by atoms with Crippen LogP contribution < -0.4 is 5.90 Å². The van der Waals surface area contributed by atoms with E-state index in [9.17, 15) is 5.11 Å². The third-order valence-corrected chi connectivity index (χ3v) is 1.77. The maximum absolute atomic E-state index is 9.31. The smallest absolute Gasteiger partial charge is 0.118 e. The van der Waals surface area contributed by atoms with E-state index in [1.807, 2.05) is 0 Å². The van der Waals surface area contributed by atoms with Gasteiger partial charge in [-0.05, 0) is 23.8 Å². The fourth-order valence-corrected chi connectivity index (χ4v) is 1.12. The molecule has 0 bridgehead atoms. The Labute approximate surface area is 75.7 Å². The van der Waals surface area contributed by atoms with Crippen LogP contribution in [0.15, 0.2) is 18.2 Å². The number of phenols is 1. The third-order valence-electron chi connectivity index (χ3n) is 1.53. The number of nitrogens with two attached hydrogens (primary N) is 1. The highest BCUT2D eigenvalue weighted by Gasteiger charge is 2.00. The third kappa shape index (κ3) is 2.37. The Bertz CT molecular complexity index is 265. The largest absolute Gasteiger partial charge is 0.508 e. The van der Waals surface area contributed by atoms with Crippen molar-refractivity contribution >= 4 is 11.6 Å². The summed E-state index contributed by atoms with van der Waals surface area (Å²) in [5.41, 5.74) is 0.743. The van der Waals surface area contributed by atoms with Gasteiger partial charge in [0.2, 0.25) is 0 Å². The Kier molecular flexibility index (Phi) is 3.34. The average Bonchev–Trinajstić information content (AvgIpc) is 2.07. The highest BCUT2D eigenvalue weighted by molar-refractivity contribution is 6.30. The first-order valence-corrected chi connectivity index (χ1v) is 3.91. The SMILES string of the molecule is NOCCc1cc(Cl)ccc1O. The Hall–Kier alpha value is -0.770. The molecule has 0 fully saturated rings. The van der Waals surface area contributed by atoms with Gasteiger partial charge in [-0.25, -0.2) is 5.90 Å². The number of halogens is 1. The topological polar surface area (TPSA) is 55.5 Å². The summed E-state index contributed by atoms with van der Waals surface area (Å²) in [6.07, 6.45) is 0.558. The molecule has 0 aliphatic rings. The molecule has 66 valence electrons. The standard InChI is InChI=1S/C8H10ClNO2/c9-7-1-2-8(11)6(5-7)3-4-12-10/h1-2,5,11H,3-4,10H2. The maximum Gasteiger partial charge on any atom is 0.118 e. The van der Waals surface area contributed by atoms with Crippen LogP contribution in [0.25, 0.3) is 0 Å². The molecule has 0 spiro atoms. The van der Waals surface area contributed by atoms with Crippen LogP contribution in [0, 0.1) is 0 Å². The van der Waals surface area contributed by atoms with Crippen LogP contribution in [0.3, 0.4) is 0 Å². The minimum Gasteiger partial charge on any atom is -0.508 e. The van der Waals surface area contributed by atoms with E-state index in [0.717, 1.165) is 5.56 Å². The lowest BCUT2D eigenvalue weighted by Crippen LogP contribution is -2.03. The molecule has 0 aliphatic heterocycles. The minimum atomic E-state index is 0.219. The van der Waals surface area contributed by atoms with Crippen molar-refractivity contribution in [3.63, 3.8) is 0 Å². The van der Waals surface area contributed by atoms with E-state index in [0.29, 0.717) is 18.1 Å². The maximum atomic E-state index is 9.31. The second kappa shape index (κ2) is 4.30. The molecule has 0 saturated carbocycles. The van der Waals surface area contributed by atoms with Crippen molar-refractivity contribution < 1.29 is 9.94 Å². The van der Waals surface area contributed by atoms with Crippen molar-refractivity contribution in [3.05, 3.63) is 28.8 Å². The predicted molar refractivity (Wildman–Crippen MR) is 47.0 cm³/mol. The summed E-state index contributed by atoms with van der Waals surface area (Å²) >= 11 is 5.71. The molecule has 0 aliphatic carbocycles. The molecule has 0 unspecified atom stereocenters. The van der Waals surface area contributed by atoms with Crippen molar-refractivity contribution in [2.24, 2.45) is 5.90 Å². The van der Waals surface area contributed by atoms with Gasteiger partial charge in [0.25, 0.3) is 0 Å². The molecule has 1 aromatic rings. The molecule has 3 nitrogen and oxygen atoms in total. The van der Waals surface area contributed by atoms with E-state index in [-0.39, 0.29) is 5.75 Å². The van der Waals surface area contributed by atoms with E-state index in [4.69, 9.17) is 17.5 Å². The molecule has 1 rings (SSSR count). The lowest BCUT2D eigenvalue weighted by atomic mass is 10.1. The highest BCUT2D eigenvalue weighted by Crippen LogP contribution is 2.21. The van der Waals surface area contributed by atoms with E-state index >= 15 is 0 Å². The van der Waals surface area contributed by atoms with Crippen LogP contribution in [0.1, 0.15) is 5.56 Å². The summed E-state index contributed by atoms with van der Waals surface area (Å²) in [5, 5.41) is 9.90. The predicted octanol–water partition coefficient (Wildman–Crippen LogP) is 1.48. The molecule has 0 amide bonds. The number of rotatable bonds is 3. The molecule has 4 heteroatoms. The van der Waals surface area contributed by atoms with E-state index in [1.54, 1.807) is 18.2 Å². The zero-order valence-electron chi connectivity index (χ0n) is 6.46. The summed E-state index contributed by atoms with van der Waals surface area (Å²) < 4.78 is 0. The fraction of sp³-hybridized carbons (Fsp3) is 0.250. The molecule has 0 atom stereocenters. The molecular weight excluding hydrogens is 178 g/mol. The zero-order chi connectivity index (χ0) is 8.97. The first-order valence-electron chi connectivity index (χ1n) is 3.53. The van der Waals surface area contributed by atoms with Crippen molar-refractivity contribution in [2.45, 2.75) is 6.42 Å². The van der Waals surface area contributed by atoms with Crippen LogP contribution in [-0.4, -0.2) is 11.7 Å². The van der Waals surface area contributed by atoms with Gasteiger partial charge in [-0.2, -0.15) is 0 Å².